The lowest BCUT2D eigenvalue weighted by Crippen LogP contribution is -2.48. The van der Waals surface area contributed by atoms with Crippen LogP contribution in [0.5, 0.6) is 0 Å². The molecule has 150 valence electrons. The van der Waals surface area contributed by atoms with E-state index in [1.807, 2.05) is 41.8 Å². The Hall–Kier alpha value is -2.22. The number of nitrogens with one attached hydrogen (secondary N) is 2. The molecule has 2 heterocycles. The van der Waals surface area contributed by atoms with Crippen LogP contribution in [-0.4, -0.2) is 62.1 Å². The minimum absolute atomic E-state index is 0.143. The Morgan fingerprint density at radius 2 is 1.89 bits per heavy atom. The molecular formula is C21H27N3O3S. The molecule has 1 unspecified atom stereocenters. The topological polar surface area (TPSA) is 70.7 Å². The van der Waals surface area contributed by atoms with Crippen LogP contribution in [0.2, 0.25) is 0 Å². The van der Waals surface area contributed by atoms with E-state index in [2.05, 4.69) is 15.5 Å². The maximum absolute atomic E-state index is 12.7. The summed E-state index contributed by atoms with van der Waals surface area (Å²) in [6.07, 6.45) is 1.34. The Labute approximate surface area is 169 Å². The minimum atomic E-state index is -0.597. The summed E-state index contributed by atoms with van der Waals surface area (Å²) < 4.78 is 5.35. The molecule has 2 aromatic rings. The van der Waals surface area contributed by atoms with Gasteiger partial charge >= 0.3 is 0 Å². The van der Waals surface area contributed by atoms with Crippen LogP contribution in [0.25, 0.3) is 0 Å². The van der Waals surface area contributed by atoms with Gasteiger partial charge in [0.05, 0.1) is 18.1 Å². The maximum Gasteiger partial charge on any atom is 0.262 e. The van der Waals surface area contributed by atoms with E-state index in [0.717, 1.165) is 44.8 Å². The van der Waals surface area contributed by atoms with Crippen LogP contribution < -0.4 is 10.6 Å². The summed E-state index contributed by atoms with van der Waals surface area (Å²) in [7, 11) is 0. The monoisotopic (exact) mass is 401 g/mol. The Balaban J connectivity index is 1.52. The van der Waals surface area contributed by atoms with Gasteiger partial charge in [0, 0.05) is 26.1 Å². The molecule has 1 aromatic carbocycles. The predicted octanol–water partition coefficient (Wildman–Crippen LogP) is 1.93. The van der Waals surface area contributed by atoms with Crippen molar-refractivity contribution in [2.24, 2.45) is 0 Å². The summed E-state index contributed by atoms with van der Waals surface area (Å²) in [6, 6.07) is 12.7. The van der Waals surface area contributed by atoms with Gasteiger partial charge in [-0.25, -0.2) is 0 Å². The first-order valence-electron chi connectivity index (χ1n) is 9.68. The third kappa shape index (κ3) is 6.44. The van der Waals surface area contributed by atoms with Crippen LogP contribution in [-0.2, 0) is 16.0 Å². The van der Waals surface area contributed by atoms with Gasteiger partial charge < -0.3 is 15.4 Å². The van der Waals surface area contributed by atoms with E-state index >= 15 is 0 Å². The zero-order valence-corrected chi connectivity index (χ0v) is 16.7. The summed E-state index contributed by atoms with van der Waals surface area (Å²) in [4.78, 5) is 28.1. The molecule has 28 heavy (non-hydrogen) atoms. The summed E-state index contributed by atoms with van der Waals surface area (Å²) in [5, 5.41) is 7.73. The number of ether oxygens (including phenoxy) is 1. The summed E-state index contributed by atoms with van der Waals surface area (Å²) in [6.45, 7) is 4.98. The van der Waals surface area contributed by atoms with Crippen molar-refractivity contribution in [3.8, 4) is 0 Å². The second-order valence-corrected chi connectivity index (χ2v) is 7.74. The Morgan fingerprint density at radius 1 is 1.11 bits per heavy atom. The lowest BCUT2D eigenvalue weighted by atomic mass is 10.1. The molecule has 1 aromatic heterocycles. The minimum Gasteiger partial charge on any atom is -0.379 e. The quantitative estimate of drug-likeness (QED) is 0.630. The number of amides is 2. The number of carbonyl (C=O) groups is 2. The SMILES string of the molecule is O=C(NC(Cc1ccccc1)C(=O)NCCCN1CCOCC1)c1cccs1. The van der Waals surface area contributed by atoms with E-state index in [-0.39, 0.29) is 11.8 Å². The lowest BCUT2D eigenvalue weighted by molar-refractivity contribution is -0.123. The molecule has 2 N–H and O–H groups in total. The molecule has 1 saturated heterocycles. The van der Waals surface area contributed by atoms with Gasteiger partial charge in [-0.2, -0.15) is 0 Å². The number of hydrogen-bond acceptors (Lipinski definition) is 5. The molecule has 0 bridgehead atoms. The first-order chi connectivity index (χ1) is 13.7. The lowest BCUT2D eigenvalue weighted by Gasteiger charge is -2.26. The summed E-state index contributed by atoms with van der Waals surface area (Å²) >= 11 is 1.37. The number of nitrogens with zero attached hydrogens (tertiary/aromatic N) is 1. The van der Waals surface area contributed by atoms with Gasteiger partial charge in [-0.15, -0.1) is 11.3 Å². The van der Waals surface area contributed by atoms with Crippen molar-refractivity contribution in [1.82, 2.24) is 15.5 Å². The highest BCUT2D eigenvalue weighted by atomic mass is 32.1. The second-order valence-electron chi connectivity index (χ2n) is 6.79. The standard InChI is InChI=1S/C21H27N3O3S/c25-20(22-9-5-10-24-11-13-27-14-12-24)18(16-17-6-2-1-3-7-17)23-21(26)19-8-4-15-28-19/h1-4,6-8,15,18H,5,9-14,16H2,(H,22,25)(H,23,26). The largest absolute Gasteiger partial charge is 0.379 e. The summed E-state index contributed by atoms with van der Waals surface area (Å²) in [5.74, 6) is -0.352. The zero-order chi connectivity index (χ0) is 19.6. The number of hydrogen-bond donors (Lipinski definition) is 2. The van der Waals surface area contributed by atoms with Crippen LogP contribution in [0.4, 0.5) is 0 Å². The normalized spacial score (nSPS) is 15.7. The first-order valence-corrected chi connectivity index (χ1v) is 10.6. The van der Waals surface area contributed by atoms with Crippen molar-refractivity contribution in [2.75, 3.05) is 39.4 Å². The van der Waals surface area contributed by atoms with Gasteiger partial charge in [-0.1, -0.05) is 36.4 Å². The molecule has 1 fully saturated rings. The van der Waals surface area contributed by atoms with Crippen molar-refractivity contribution in [3.63, 3.8) is 0 Å². The van der Waals surface area contributed by atoms with Gasteiger partial charge in [0.25, 0.3) is 5.91 Å². The third-order valence-electron chi connectivity index (χ3n) is 4.70. The highest BCUT2D eigenvalue weighted by Gasteiger charge is 2.22. The van der Waals surface area contributed by atoms with Crippen molar-refractivity contribution in [2.45, 2.75) is 18.9 Å². The molecule has 0 aliphatic carbocycles. The van der Waals surface area contributed by atoms with E-state index in [4.69, 9.17) is 4.74 Å². The van der Waals surface area contributed by atoms with Crippen LogP contribution in [0, 0.1) is 0 Å². The number of carbonyl (C=O) groups excluding carboxylic acids is 2. The maximum atomic E-state index is 12.7. The third-order valence-corrected chi connectivity index (χ3v) is 5.57. The van der Waals surface area contributed by atoms with E-state index in [9.17, 15) is 9.59 Å². The molecule has 1 atom stereocenters. The number of benzene rings is 1. The first kappa shape index (κ1) is 20.5. The van der Waals surface area contributed by atoms with Gasteiger partial charge in [0.15, 0.2) is 0 Å². The average molecular weight is 402 g/mol. The molecule has 3 rings (SSSR count). The van der Waals surface area contributed by atoms with Crippen molar-refractivity contribution >= 4 is 23.2 Å². The molecule has 0 radical (unpaired) electrons. The fourth-order valence-corrected chi connectivity index (χ4v) is 3.79. The number of rotatable bonds is 9. The van der Waals surface area contributed by atoms with E-state index in [1.54, 1.807) is 6.07 Å². The van der Waals surface area contributed by atoms with Crippen molar-refractivity contribution < 1.29 is 14.3 Å². The molecule has 6 nitrogen and oxygen atoms in total. The summed E-state index contributed by atoms with van der Waals surface area (Å²) in [5.41, 5.74) is 1.02. The Morgan fingerprint density at radius 3 is 2.61 bits per heavy atom. The number of morpholine rings is 1. The van der Waals surface area contributed by atoms with Gasteiger partial charge in [0.1, 0.15) is 6.04 Å². The predicted molar refractivity (Wildman–Crippen MR) is 111 cm³/mol. The Kier molecular flexibility index (Phi) is 8.02. The molecule has 0 spiro atoms. The second kappa shape index (κ2) is 10.9. The fraction of sp³-hybridized carbons (Fsp3) is 0.429. The molecule has 1 aliphatic rings. The zero-order valence-electron chi connectivity index (χ0n) is 15.9. The highest BCUT2D eigenvalue weighted by molar-refractivity contribution is 7.12. The molecule has 0 saturated carbocycles. The van der Waals surface area contributed by atoms with Crippen molar-refractivity contribution in [3.05, 3.63) is 58.3 Å². The van der Waals surface area contributed by atoms with Gasteiger partial charge in [-0.05, 0) is 30.0 Å². The average Bonchev–Trinajstić information content (AvgIpc) is 3.27. The highest BCUT2D eigenvalue weighted by Crippen LogP contribution is 2.10. The number of thiophene rings is 1. The van der Waals surface area contributed by atoms with Crippen LogP contribution in [0.3, 0.4) is 0 Å². The van der Waals surface area contributed by atoms with E-state index in [1.165, 1.54) is 11.3 Å². The van der Waals surface area contributed by atoms with Crippen LogP contribution in [0.1, 0.15) is 21.7 Å². The smallest absolute Gasteiger partial charge is 0.262 e. The molecular weight excluding hydrogens is 374 g/mol. The molecule has 2 amide bonds. The van der Waals surface area contributed by atoms with E-state index < -0.39 is 6.04 Å². The fourth-order valence-electron chi connectivity index (χ4n) is 3.16. The van der Waals surface area contributed by atoms with Gasteiger partial charge in [0.2, 0.25) is 5.91 Å². The van der Waals surface area contributed by atoms with E-state index in [0.29, 0.717) is 17.8 Å². The van der Waals surface area contributed by atoms with Crippen LogP contribution in [0.15, 0.2) is 47.8 Å². The van der Waals surface area contributed by atoms with Crippen molar-refractivity contribution in [1.29, 1.82) is 0 Å². The van der Waals surface area contributed by atoms with Crippen LogP contribution >= 0.6 is 11.3 Å². The molecule has 7 heteroatoms. The Bertz CT molecular complexity index is 731. The van der Waals surface area contributed by atoms with Gasteiger partial charge in [-0.3, -0.25) is 14.5 Å². The molecule has 1 aliphatic heterocycles.